The van der Waals surface area contributed by atoms with Gasteiger partial charge in [-0.15, -0.1) is 11.3 Å². The summed E-state index contributed by atoms with van der Waals surface area (Å²) in [5.74, 6) is 1.05. The third kappa shape index (κ3) is 9.98. The minimum atomic E-state index is -0.318. The first-order chi connectivity index (χ1) is 20.4. The molecule has 1 amide bonds. The fourth-order valence-corrected chi connectivity index (χ4v) is 6.08. The molecule has 0 bridgehead atoms. The van der Waals surface area contributed by atoms with Gasteiger partial charge in [-0.2, -0.15) is 0 Å². The van der Waals surface area contributed by atoms with Gasteiger partial charge in [-0.1, -0.05) is 61.7 Å². The molecule has 0 aliphatic heterocycles. The lowest BCUT2D eigenvalue weighted by Crippen LogP contribution is -2.31. The number of aromatic nitrogens is 1. The molecule has 7 heteroatoms. The monoisotopic (exact) mass is 586 g/mol. The van der Waals surface area contributed by atoms with E-state index < -0.39 is 0 Å². The second kappa shape index (κ2) is 16.1. The molecule has 0 spiro atoms. The maximum Gasteiger partial charge on any atom is 0.333 e. The molecular formula is C35H42N2O4S. The van der Waals surface area contributed by atoms with Gasteiger partial charge in [0.2, 0.25) is 5.91 Å². The number of rotatable bonds is 13. The number of benzene rings is 2. The van der Waals surface area contributed by atoms with E-state index in [9.17, 15) is 9.59 Å². The van der Waals surface area contributed by atoms with Crippen LogP contribution in [-0.4, -0.2) is 23.5 Å². The topological polar surface area (TPSA) is 77.5 Å². The van der Waals surface area contributed by atoms with Gasteiger partial charge in [0.25, 0.3) is 0 Å². The number of carbonyl (C=O) groups excluding carboxylic acids is 2. The van der Waals surface area contributed by atoms with Crippen molar-refractivity contribution in [1.82, 2.24) is 10.3 Å². The summed E-state index contributed by atoms with van der Waals surface area (Å²) in [7, 11) is 0. The van der Waals surface area contributed by atoms with E-state index in [2.05, 4.69) is 17.4 Å². The summed E-state index contributed by atoms with van der Waals surface area (Å²) in [4.78, 5) is 30.0. The van der Waals surface area contributed by atoms with E-state index >= 15 is 0 Å². The summed E-state index contributed by atoms with van der Waals surface area (Å²) in [6.45, 7) is 6.34. The van der Waals surface area contributed by atoms with Crippen LogP contribution < -0.4 is 10.1 Å². The normalized spacial score (nSPS) is 15.2. The Morgan fingerprint density at radius 1 is 1.02 bits per heavy atom. The Morgan fingerprint density at radius 2 is 1.76 bits per heavy atom. The molecule has 1 fully saturated rings. The molecule has 1 aliphatic carbocycles. The Kier molecular flexibility index (Phi) is 11.9. The number of esters is 1. The molecule has 0 unspecified atom stereocenters. The molecule has 1 saturated carbocycles. The molecule has 6 nitrogen and oxygen atoms in total. The SMILES string of the molecule is CCOC(=O)C(C)=CC(C)=Cc1csc([C@H](Cc2ccc(OCc3ccccc3)cc2)NC(=O)CC2CCCCC2)n1. The van der Waals surface area contributed by atoms with Crippen molar-refractivity contribution in [2.45, 2.75) is 78.4 Å². The molecular weight excluding hydrogens is 544 g/mol. The van der Waals surface area contributed by atoms with Gasteiger partial charge in [0, 0.05) is 17.4 Å². The number of hydrogen-bond donors (Lipinski definition) is 1. The number of allylic oxidation sites excluding steroid dienone is 2. The largest absolute Gasteiger partial charge is 0.489 e. The Morgan fingerprint density at radius 3 is 2.48 bits per heavy atom. The summed E-state index contributed by atoms with van der Waals surface area (Å²) in [5.41, 5.74) is 4.47. The second-order valence-electron chi connectivity index (χ2n) is 11.0. The van der Waals surface area contributed by atoms with E-state index in [1.54, 1.807) is 25.2 Å². The summed E-state index contributed by atoms with van der Waals surface area (Å²) < 4.78 is 11.0. The molecule has 222 valence electrons. The number of hydrogen-bond acceptors (Lipinski definition) is 6. The molecule has 4 rings (SSSR count). The molecule has 1 N–H and O–H groups in total. The van der Waals surface area contributed by atoms with Gasteiger partial charge >= 0.3 is 5.97 Å². The highest BCUT2D eigenvalue weighted by Crippen LogP contribution is 2.28. The third-order valence-electron chi connectivity index (χ3n) is 7.40. The lowest BCUT2D eigenvalue weighted by atomic mass is 9.87. The van der Waals surface area contributed by atoms with E-state index in [4.69, 9.17) is 14.5 Å². The Bertz CT molecular complexity index is 1360. The van der Waals surface area contributed by atoms with Crippen LogP contribution in [0.25, 0.3) is 6.08 Å². The van der Waals surface area contributed by atoms with E-state index in [0.717, 1.165) is 46.0 Å². The minimum absolute atomic E-state index is 0.0891. The molecule has 42 heavy (non-hydrogen) atoms. The van der Waals surface area contributed by atoms with Crippen molar-refractivity contribution < 1.29 is 19.1 Å². The average Bonchev–Trinajstić information content (AvgIpc) is 3.45. The van der Waals surface area contributed by atoms with E-state index in [0.29, 0.717) is 37.5 Å². The van der Waals surface area contributed by atoms with Gasteiger partial charge in [0.1, 0.15) is 17.4 Å². The molecule has 1 heterocycles. The number of ether oxygens (including phenoxy) is 2. The smallest absolute Gasteiger partial charge is 0.333 e. The highest BCUT2D eigenvalue weighted by Gasteiger charge is 2.22. The fourth-order valence-electron chi connectivity index (χ4n) is 5.25. The van der Waals surface area contributed by atoms with Crippen LogP contribution >= 0.6 is 11.3 Å². The quantitative estimate of drug-likeness (QED) is 0.125. The lowest BCUT2D eigenvalue weighted by Gasteiger charge is -2.23. The minimum Gasteiger partial charge on any atom is -0.489 e. The molecule has 1 atom stereocenters. The molecule has 0 radical (unpaired) electrons. The predicted octanol–water partition coefficient (Wildman–Crippen LogP) is 8.01. The second-order valence-corrected chi connectivity index (χ2v) is 11.9. The van der Waals surface area contributed by atoms with Crippen molar-refractivity contribution in [3.05, 3.63) is 99.0 Å². The van der Waals surface area contributed by atoms with Crippen molar-refractivity contribution in [3.63, 3.8) is 0 Å². The van der Waals surface area contributed by atoms with Crippen molar-refractivity contribution in [2.75, 3.05) is 6.61 Å². The van der Waals surface area contributed by atoms with Crippen LogP contribution in [0.2, 0.25) is 0 Å². The molecule has 1 aromatic heterocycles. The van der Waals surface area contributed by atoms with Crippen molar-refractivity contribution in [3.8, 4) is 5.75 Å². The zero-order valence-corrected chi connectivity index (χ0v) is 25.8. The zero-order valence-electron chi connectivity index (χ0n) is 24.9. The predicted molar refractivity (Wildman–Crippen MR) is 169 cm³/mol. The number of nitrogens with zero attached hydrogens (tertiary/aromatic N) is 1. The van der Waals surface area contributed by atoms with Crippen LogP contribution in [0.4, 0.5) is 0 Å². The van der Waals surface area contributed by atoms with E-state index in [1.807, 2.05) is 66.9 Å². The number of amides is 1. The van der Waals surface area contributed by atoms with Crippen LogP contribution in [0, 0.1) is 5.92 Å². The van der Waals surface area contributed by atoms with Crippen LogP contribution in [0.15, 0.2) is 77.2 Å². The first kappa shape index (κ1) is 31.2. The van der Waals surface area contributed by atoms with Crippen LogP contribution in [0.3, 0.4) is 0 Å². The Balaban J connectivity index is 1.46. The number of nitrogens with one attached hydrogen (secondary N) is 1. The van der Waals surface area contributed by atoms with Crippen LogP contribution in [-0.2, 0) is 27.4 Å². The number of thiazole rings is 1. The standard InChI is InChI=1S/C35H42N2O4S/c1-4-40-35(39)26(3)19-25(2)20-30-24-42-34(36-30)32(37-33(38)22-27-11-7-5-8-12-27)21-28-15-17-31(18-16-28)41-23-29-13-9-6-10-14-29/h6,9-10,13-20,24,27,32H,4-5,7-8,11-12,21-23H2,1-3H3,(H,37,38)/t32-/m0/s1. The Labute approximate surface area is 253 Å². The zero-order chi connectivity index (χ0) is 29.7. The van der Waals surface area contributed by atoms with Gasteiger partial charge in [0.15, 0.2) is 0 Å². The van der Waals surface area contributed by atoms with Crippen LogP contribution in [0.5, 0.6) is 5.75 Å². The first-order valence-corrected chi connectivity index (χ1v) is 15.8. The van der Waals surface area contributed by atoms with E-state index in [1.165, 1.54) is 19.3 Å². The summed E-state index contributed by atoms with van der Waals surface area (Å²) in [6.07, 6.45) is 10.9. The summed E-state index contributed by atoms with van der Waals surface area (Å²) in [6, 6.07) is 18.0. The molecule has 1 aliphatic rings. The molecule has 3 aromatic rings. The highest BCUT2D eigenvalue weighted by molar-refractivity contribution is 7.09. The molecule has 0 saturated heterocycles. The van der Waals surface area contributed by atoms with Crippen molar-refractivity contribution in [1.29, 1.82) is 0 Å². The van der Waals surface area contributed by atoms with Gasteiger partial charge in [-0.05, 0) is 86.9 Å². The Hall–Kier alpha value is -3.71. The van der Waals surface area contributed by atoms with Gasteiger partial charge in [-0.3, -0.25) is 4.79 Å². The third-order valence-corrected chi connectivity index (χ3v) is 8.38. The fraction of sp³-hybridized carbons (Fsp3) is 0.400. The van der Waals surface area contributed by atoms with Gasteiger partial charge < -0.3 is 14.8 Å². The van der Waals surface area contributed by atoms with Gasteiger partial charge in [-0.25, -0.2) is 9.78 Å². The van der Waals surface area contributed by atoms with Crippen molar-refractivity contribution in [2.24, 2.45) is 5.92 Å². The summed E-state index contributed by atoms with van der Waals surface area (Å²) >= 11 is 1.54. The first-order valence-electron chi connectivity index (χ1n) is 14.9. The number of carbonyl (C=O) groups is 2. The maximum absolute atomic E-state index is 13.2. The van der Waals surface area contributed by atoms with Gasteiger partial charge in [0.05, 0.1) is 18.3 Å². The highest BCUT2D eigenvalue weighted by atomic mass is 32.1. The van der Waals surface area contributed by atoms with Crippen LogP contribution in [0.1, 0.15) is 87.2 Å². The summed E-state index contributed by atoms with van der Waals surface area (Å²) in [5, 5.41) is 6.16. The lowest BCUT2D eigenvalue weighted by molar-refractivity contribution is -0.138. The average molecular weight is 587 g/mol. The molecule has 2 aromatic carbocycles. The maximum atomic E-state index is 13.2. The van der Waals surface area contributed by atoms with Crippen molar-refractivity contribution >= 4 is 29.3 Å². The van der Waals surface area contributed by atoms with E-state index in [-0.39, 0.29) is 17.9 Å².